The zero-order valence-corrected chi connectivity index (χ0v) is 19.5. The fourth-order valence-electron chi connectivity index (χ4n) is 4.17. The predicted molar refractivity (Wildman–Crippen MR) is 129 cm³/mol. The van der Waals surface area contributed by atoms with Crippen LogP contribution in [0.15, 0.2) is 54.6 Å². The minimum Gasteiger partial charge on any atom is -0.493 e. The number of hydrogen-bond acceptors (Lipinski definition) is 8. The molecule has 2 aliphatic heterocycles. The number of benzene rings is 3. The molecule has 10 heteroatoms. The zero-order chi connectivity index (χ0) is 25.9. The molecule has 3 aromatic carbocycles. The first-order chi connectivity index (χ1) is 17.9. The number of imide groups is 2. The number of aliphatic hydroxyl groups excluding tert-OH is 1. The highest BCUT2D eigenvalue weighted by molar-refractivity contribution is 6.23. The number of aliphatic hydroxyl groups is 1. The second-order valence-electron chi connectivity index (χ2n) is 8.41. The molecular weight excluding hydrogens is 480 g/mol. The van der Waals surface area contributed by atoms with Gasteiger partial charge in [0.2, 0.25) is 0 Å². The molecule has 2 aliphatic rings. The summed E-state index contributed by atoms with van der Waals surface area (Å²) in [5.41, 5.74) is 2.31. The fourth-order valence-corrected chi connectivity index (χ4v) is 4.17. The van der Waals surface area contributed by atoms with Crippen LogP contribution in [-0.2, 0) is 13.2 Å². The fraction of sp³-hybridized carbons (Fsp3) is 0.185. The molecule has 5 rings (SSSR count). The summed E-state index contributed by atoms with van der Waals surface area (Å²) in [5, 5.41) is 13.6. The summed E-state index contributed by atoms with van der Waals surface area (Å²) in [5.74, 6) is -0.876. The maximum atomic E-state index is 12.2. The Labute approximate surface area is 211 Å². The third-order valence-electron chi connectivity index (χ3n) is 5.84. The Morgan fingerprint density at radius 1 is 0.649 bits per heavy atom. The van der Waals surface area contributed by atoms with E-state index in [1.807, 2.05) is 6.07 Å². The van der Waals surface area contributed by atoms with Crippen molar-refractivity contribution >= 4 is 23.6 Å². The number of amides is 4. The van der Waals surface area contributed by atoms with Crippen LogP contribution < -0.4 is 24.8 Å². The van der Waals surface area contributed by atoms with Crippen LogP contribution in [0.25, 0.3) is 0 Å². The zero-order valence-electron chi connectivity index (χ0n) is 19.5. The molecule has 0 saturated carbocycles. The summed E-state index contributed by atoms with van der Waals surface area (Å²) in [6.45, 7) is 0.419. The van der Waals surface area contributed by atoms with E-state index >= 15 is 0 Å². The summed E-state index contributed by atoms with van der Waals surface area (Å²) >= 11 is 0. The van der Waals surface area contributed by atoms with E-state index in [1.165, 1.54) is 0 Å². The van der Waals surface area contributed by atoms with Gasteiger partial charge in [-0.3, -0.25) is 29.8 Å². The maximum absolute atomic E-state index is 12.2. The van der Waals surface area contributed by atoms with Crippen molar-refractivity contribution in [1.29, 1.82) is 0 Å². The van der Waals surface area contributed by atoms with E-state index in [4.69, 9.17) is 19.3 Å². The average Bonchev–Trinajstić information content (AvgIpc) is 3.36. The Morgan fingerprint density at radius 2 is 1.16 bits per heavy atom. The number of rotatable bonds is 10. The van der Waals surface area contributed by atoms with Crippen LogP contribution in [0, 0.1) is 0 Å². The quantitative estimate of drug-likeness (QED) is 0.284. The predicted octanol–water partition coefficient (Wildman–Crippen LogP) is 2.37. The molecule has 10 nitrogen and oxygen atoms in total. The van der Waals surface area contributed by atoms with Crippen LogP contribution in [0.4, 0.5) is 0 Å². The van der Waals surface area contributed by atoms with E-state index in [1.54, 1.807) is 48.5 Å². The third-order valence-corrected chi connectivity index (χ3v) is 5.84. The van der Waals surface area contributed by atoms with Crippen LogP contribution in [0.2, 0.25) is 0 Å². The van der Waals surface area contributed by atoms with Crippen LogP contribution in [-0.4, -0.2) is 41.9 Å². The van der Waals surface area contributed by atoms with Crippen molar-refractivity contribution in [3.8, 4) is 17.2 Å². The summed E-state index contributed by atoms with van der Waals surface area (Å²) in [4.78, 5) is 48.2. The first-order valence-electron chi connectivity index (χ1n) is 11.5. The van der Waals surface area contributed by atoms with Crippen LogP contribution in [0.5, 0.6) is 17.2 Å². The van der Waals surface area contributed by atoms with Gasteiger partial charge < -0.3 is 19.3 Å². The first-order valence-corrected chi connectivity index (χ1v) is 11.5. The van der Waals surface area contributed by atoms with Gasteiger partial charge in [-0.2, -0.15) is 0 Å². The van der Waals surface area contributed by atoms with Gasteiger partial charge in [0.15, 0.2) is 0 Å². The van der Waals surface area contributed by atoms with Gasteiger partial charge in [0, 0.05) is 13.0 Å². The molecule has 0 aliphatic carbocycles. The smallest absolute Gasteiger partial charge is 0.262 e. The summed E-state index contributed by atoms with van der Waals surface area (Å²) in [6.07, 6.45) is 0.450. The van der Waals surface area contributed by atoms with Gasteiger partial charge in [0.1, 0.15) is 30.5 Å². The Hall–Kier alpha value is -4.70. The minimum absolute atomic E-state index is 0.0153. The molecule has 3 aromatic rings. The normalized spacial score (nSPS) is 13.6. The number of ether oxygens (including phenoxy) is 3. The Morgan fingerprint density at radius 3 is 1.65 bits per heavy atom. The molecule has 0 atom stereocenters. The van der Waals surface area contributed by atoms with Crippen molar-refractivity contribution in [3.63, 3.8) is 0 Å². The molecule has 3 N–H and O–H groups in total. The standard InChI is InChI=1S/C27H22N2O8/c30-8-3-9-35-17-11-15(13-36-20-6-1-4-18-22(20)26(33)28-24(18)31)10-16(12-17)14-37-21-7-2-5-19-23(21)27(34)29-25(19)32/h1-2,4-7,10-12,30H,3,8-9,13-14H2,(H,28,31,33)(H,29,32,34). The average molecular weight is 502 g/mol. The molecule has 4 amide bonds. The van der Waals surface area contributed by atoms with E-state index in [0.717, 1.165) is 0 Å². The highest BCUT2D eigenvalue weighted by atomic mass is 16.5. The van der Waals surface area contributed by atoms with Crippen molar-refractivity contribution in [2.24, 2.45) is 0 Å². The van der Waals surface area contributed by atoms with Gasteiger partial charge in [-0.05, 0) is 53.6 Å². The molecule has 0 spiro atoms. The van der Waals surface area contributed by atoms with Crippen molar-refractivity contribution in [2.75, 3.05) is 13.2 Å². The Kier molecular flexibility index (Phi) is 6.57. The number of nitrogens with one attached hydrogen (secondary N) is 2. The van der Waals surface area contributed by atoms with Gasteiger partial charge in [-0.15, -0.1) is 0 Å². The lowest BCUT2D eigenvalue weighted by atomic mass is 10.1. The van der Waals surface area contributed by atoms with Gasteiger partial charge in [0.25, 0.3) is 23.6 Å². The van der Waals surface area contributed by atoms with E-state index in [2.05, 4.69) is 10.6 Å². The SMILES string of the molecule is O=C1NC(=O)c2c(OCc3cc(COc4cccc5c4C(=O)NC5=O)cc(OCCCO)c3)cccc21. The molecule has 188 valence electrons. The third kappa shape index (κ3) is 4.87. The summed E-state index contributed by atoms with van der Waals surface area (Å²) in [7, 11) is 0. The molecule has 0 aromatic heterocycles. The number of carbonyl (C=O) groups is 4. The van der Waals surface area contributed by atoms with Crippen molar-refractivity contribution in [2.45, 2.75) is 19.6 Å². The molecule has 37 heavy (non-hydrogen) atoms. The second kappa shape index (κ2) is 10.1. The highest BCUT2D eigenvalue weighted by Gasteiger charge is 2.31. The summed E-state index contributed by atoms with van der Waals surface area (Å²) < 4.78 is 17.6. The van der Waals surface area contributed by atoms with E-state index in [-0.39, 0.29) is 53.6 Å². The van der Waals surface area contributed by atoms with Gasteiger partial charge >= 0.3 is 0 Å². The number of hydrogen-bond donors (Lipinski definition) is 3. The second-order valence-corrected chi connectivity index (χ2v) is 8.41. The van der Waals surface area contributed by atoms with Crippen molar-refractivity contribution in [3.05, 3.63) is 88.0 Å². The van der Waals surface area contributed by atoms with Crippen molar-refractivity contribution < 1.29 is 38.5 Å². The molecule has 0 bridgehead atoms. The first kappa shape index (κ1) is 24.0. The maximum Gasteiger partial charge on any atom is 0.262 e. The molecular formula is C27H22N2O8. The van der Waals surface area contributed by atoms with Gasteiger partial charge in [0.05, 0.1) is 28.9 Å². The monoisotopic (exact) mass is 502 g/mol. The van der Waals surface area contributed by atoms with Gasteiger partial charge in [-0.25, -0.2) is 0 Å². The van der Waals surface area contributed by atoms with Crippen LogP contribution in [0.1, 0.15) is 59.0 Å². The lowest BCUT2D eigenvalue weighted by molar-refractivity contribution is 0.0861. The van der Waals surface area contributed by atoms with Crippen LogP contribution >= 0.6 is 0 Å². The molecule has 0 unspecified atom stereocenters. The Balaban J connectivity index is 1.36. The molecule has 0 radical (unpaired) electrons. The summed E-state index contributed by atoms with van der Waals surface area (Å²) in [6, 6.07) is 15.0. The molecule has 2 heterocycles. The number of carbonyl (C=O) groups excluding carboxylic acids is 4. The van der Waals surface area contributed by atoms with Crippen LogP contribution in [0.3, 0.4) is 0 Å². The molecule has 0 fully saturated rings. The number of fused-ring (bicyclic) bond motifs is 2. The minimum atomic E-state index is -0.510. The van der Waals surface area contributed by atoms with Crippen molar-refractivity contribution in [1.82, 2.24) is 10.6 Å². The molecule has 0 saturated heterocycles. The van der Waals surface area contributed by atoms with E-state index in [0.29, 0.717) is 29.9 Å². The topological polar surface area (TPSA) is 140 Å². The Bertz CT molecular complexity index is 1330. The lowest BCUT2D eigenvalue weighted by Gasteiger charge is -2.14. The highest BCUT2D eigenvalue weighted by Crippen LogP contribution is 2.29. The van der Waals surface area contributed by atoms with Gasteiger partial charge in [-0.1, -0.05) is 12.1 Å². The lowest BCUT2D eigenvalue weighted by Crippen LogP contribution is -2.20. The van der Waals surface area contributed by atoms with E-state index < -0.39 is 23.6 Å². The largest absolute Gasteiger partial charge is 0.493 e. The van der Waals surface area contributed by atoms with E-state index in [9.17, 15) is 19.2 Å².